The van der Waals surface area contributed by atoms with Gasteiger partial charge in [0.2, 0.25) is 0 Å². The van der Waals surface area contributed by atoms with Crippen molar-refractivity contribution in [1.82, 2.24) is 0 Å². The third-order valence-electron chi connectivity index (χ3n) is 13.5. The highest BCUT2D eigenvalue weighted by Gasteiger charge is 2.46. The van der Waals surface area contributed by atoms with E-state index in [0.29, 0.717) is 0 Å². The highest BCUT2D eigenvalue weighted by molar-refractivity contribution is 5.96. The van der Waals surface area contributed by atoms with Gasteiger partial charge in [-0.05, 0) is 128 Å². The molecule has 0 radical (unpaired) electrons. The standard InChI is InChI=1S/C60H47N/c1-40-28-30-42(31-29-40)44-36-41(2)58(53(37-44)43-18-8-5-9-19-43)61(47-32-34-51-49-24-14-16-26-54(49)59(3,4)56(51)38-47)48-33-35-52-50-25-15-17-27-55(50)60(57(52)39-48,45-20-10-6-11-21-45)46-22-12-7-13-23-46/h5-39H,1-4H3. The van der Waals surface area contributed by atoms with Gasteiger partial charge in [-0.2, -0.15) is 0 Å². The van der Waals surface area contributed by atoms with Crippen molar-refractivity contribution in [2.75, 3.05) is 4.90 Å². The Bertz CT molecular complexity index is 3060. The van der Waals surface area contributed by atoms with E-state index >= 15 is 0 Å². The highest BCUT2D eigenvalue weighted by atomic mass is 15.1. The first-order chi connectivity index (χ1) is 29.8. The molecule has 0 bridgehead atoms. The minimum atomic E-state index is -0.524. The Balaban J connectivity index is 1.22. The van der Waals surface area contributed by atoms with E-state index in [2.05, 4.69) is 245 Å². The summed E-state index contributed by atoms with van der Waals surface area (Å²) in [6.45, 7) is 9.20. The van der Waals surface area contributed by atoms with Crippen molar-refractivity contribution in [3.8, 4) is 44.5 Å². The average Bonchev–Trinajstić information content (AvgIpc) is 3.73. The summed E-state index contributed by atoms with van der Waals surface area (Å²) in [5.41, 5.74) is 23.1. The van der Waals surface area contributed by atoms with Crippen LogP contribution in [0.25, 0.3) is 44.5 Å². The molecule has 0 spiro atoms. The van der Waals surface area contributed by atoms with Crippen LogP contribution in [0, 0.1) is 13.8 Å². The molecule has 0 heterocycles. The monoisotopic (exact) mass is 781 g/mol. The number of anilines is 3. The molecule has 0 saturated heterocycles. The molecular weight excluding hydrogens is 735 g/mol. The number of fused-ring (bicyclic) bond motifs is 6. The van der Waals surface area contributed by atoms with E-state index in [0.717, 1.165) is 11.4 Å². The van der Waals surface area contributed by atoms with Crippen molar-refractivity contribution in [3.05, 3.63) is 257 Å². The normalized spacial score (nSPS) is 13.8. The lowest BCUT2D eigenvalue weighted by atomic mass is 9.67. The minimum absolute atomic E-state index is 0.157. The van der Waals surface area contributed by atoms with E-state index in [4.69, 9.17) is 0 Å². The maximum atomic E-state index is 2.56. The maximum Gasteiger partial charge on any atom is 0.0714 e. The quantitative estimate of drug-likeness (QED) is 0.156. The number of benzene rings is 9. The zero-order chi connectivity index (χ0) is 41.3. The molecule has 2 aliphatic carbocycles. The molecule has 0 aliphatic heterocycles. The van der Waals surface area contributed by atoms with Crippen LogP contribution in [-0.2, 0) is 10.8 Å². The van der Waals surface area contributed by atoms with Crippen LogP contribution >= 0.6 is 0 Å². The Kier molecular flexibility index (Phi) is 8.58. The van der Waals surface area contributed by atoms with Crippen LogP contribution in [0.4, 0.5) is 17.1 Å². The zero-order valence-electron chi connectivity index (χ0n) is 35.2. The van der Waals surface area contributed by atoms with Gasteiger partial charge in [0, 0.05) is 22.4 Å². The summed E-state index contributed by atoms with van der Waals surface area (Å²) in [7, 11) is 0. The molecule has 0 atom stereocenters. The van der Waals surface area contributed by atoms with Gasteiger partial charge in [-0.25, -0.2) is 0 Å². The second-order valence-corrected chi connectivity index (χ2v) is 17.4. The van der Waals surface area contributed by atoms with E-state index in [-0.39, 0.29) is 5.41 Å². The Labute approximate surface area is 360 Å². The molecule has 9 aromatic rings. The Hall–Kier alpha value is -7.22. The second kappa shape index (κ2) is 14.2. The van der Waals surface area contributed by atoms with Crippen LogP contribution < -0.4 is 4.90 Å². The highest BCUT2D eigenvalue weighted by Crippen LogP contribution is 2.58. The van der Waals surface area contributed by atoms with Crippen molar-refractivity contribution in [2.45, 2.75) is 38.5 Å². The zero-order valence-corrected chi connectivity index (χ0v) is 35.2. The molecular formula is C60H47N. The second-order valence-electron chi connectivity index (χ2n) is 17.4. The lowest BCUT2D eigenvalue weighted by molar-refractivity contribution is 0.660. The average molecular weight is 782 g/mol. The van der Waals surface area contributed by atoms with Gasteiger partial charge in [0.15, 0.2) is 0 Å². The van der Waals surface area contributed by atoms with Crippen LogP contribution in [0.5, 0.6) is 0 Å². The molecule has 11 rings (SSSR count). The fourth-order valence-electron chi connectivity index (χ4n) is 10.6. The fraction of sp³-hybridized carbons (Fsp3) is 0.100. The van der Waals surface area contributed by atoms with E-state index in [1.165, 1.54) is 94.7 Å². The van der Waals surface area contributed by atoms with E-state index < -0.39 is 5.41 Å². The smallest absolute Gasteiger partial charge is 0.0714 e. The number of nitrogens with zero attached hydrogens (tertiary/aromatic N) is 1. The van der Waals surface area contributed by atoms with Gasteiger partial charge in [-0.3, -0.25) is 0 Å². The SMILES string of the molecule is Cc1ccc(-c2cc(C)c(N(c3ccc4c(c3)C(C)(C)c3ccccc3-4)c3ccc4c(c3)C(c3ccccc3)(c3ccccc3)c3ccccc3-4)c(-c3ccccc3)c2)cc1. The van der Waals surface area contributed by atoms with E-state index in [1.807, 2.05) is 0 Å². The number of rotatable bonds is 7. The lowest BCUT2D eigenvalue weighted by Crippen LogP contribution is -2.28. The number of aryl methyl sites for hydroxylation is 2. The summed E-state index contributed by atoms with van der Waals surface area (Å²) < 4.78 is 0. The summed E-state index contributed by atoms with van der Waals surface area (Å²) in [6.07, 6.45) is 0. The van der Waals surface area contributed by atoms with Crippen molar-refractivity contribution in [2.24, 2.45) is 0 Å². The van der Waals surface area contributed by atoms with Crippen LogP contribution in [0.15, 0.2) is 212 Å². The third kappa shape index (κ3) is 5.68. The molecule has 1 nitrogen and oxygen atoms in total. The van der Waals surface area contributed by atoms with Crippen LogP contribution in [0.3, 0.4) is 0 Å². The van der Waals surface area contributed by atoms with Gasteiger partial charge >= 0.3 is 0 Å². The summed E-state index contributed by atoms with van der Waals surface area (Å²) >= 11 is 0. The molecule has 0 amide bonds. The molecule has 0 saturated carbocycles. The van der Waals surface area contributed by atoms with Gasteiger partial charge in [0.25, 0.3) is 0 Å². The summed E-state index contributed by atoms with van der Waals surface area (Å²) in [6, 6.07) is 79.3. The topological polar surface area (TPSA) is 3.24 Å². The molecule has 0 N–H and O–H groups in total. The van der Waals surface area contributed by atoms with Crippen LogP contribution in [0.2, 0.25) is 0 Å². The summed E-state index contributed by atoms with van der Waals surface area (Å²) in [5.74, 6) is 0. The largest absolute Gasteiger partial charge is 0.310 e. The Morgan fingerprint density at radius 3 is 1.46 bits per heavy atom. The van der Waals surface area contributed by atoms with Gasteiger partial charge in [-0.1, -0.05) is 195 Å². The first-order valence-electron chi connectivity index (χ1n) is 21.5. The van der Waals surface area contributed by atoms with Gasteiger partial charge in [0.05, 0.1) is 11.1 Å². The van der Waals surface area contributed by atoms with Gasteiger partial charge in [-0.15, -0.1) is 0 Å². The van der Waals surface area contributed by atoms with Crippen molar-refractivity contribution in [3.63, 3.8) is 0 Å². The third-order valence-corrected chi connectivity index (χ3v) is 13.5. The number of hydrogen-bond donors (Lipinski definition) is 0. The fourth-order valence-corrected chi connectivity index (χ4v) is 10.6. The van der Waals surface area contributed by atoms with Crippen molar-refractivity contribution in [1.29, 1.82) is 0 Å². The molecule has 2 aliphatic rings. The molecule has 9 aromatic carbocycles. The molecule has 61 heavy (non-hydrogen) atoms. The molecule has 0 unspecified atom stereocenters. The van der Waals surface area contributed by atoms with E-state index in [9.17, 15) is 0 Å². The van der Waals surface area contributed by atoms with E-state index in [1.54, 1.807) is 0 Å². The Morgan fingerprint density at radius 1 is 0.344 bits per heavy atom. The molecule has 0 aromatic heterocycles. The number of hydrogen-bond acceptors (Lipinski definition) is 1. The van der Waals surface area contributed by atoms with Crippen molar-refractivity contribution < 1.29 is 0 Å². The summed E-state index contributed by atoms with van der Waals surface area (Å²) in [5, 5.41) is 0. The first-order valence-corrected chi connectivity index (χ1v) is 21.5. The predicted molar refractivity (Wildman–Crippen MR) is 256 cm³/mol. The van der Waals surface area contributed by atoms with Gasteiger partial charge in [0.1, 0.15) is 0 Å². The lowest BCUT2D eigenvalue weighted by Gasteiger charge is -2.35. The first kappa shape index (κ1) is 36.8. The molecule has 0 fully saturated rings. The van der Waals surface area contributed by atoms with Gasteiger partial charge < -0.3 is 4.90 Å². The minimum Gasteiger partial charge on any atom is -0.310 e. The van der Waals surface area contributed by atoms with Crippen LogP contribution in [0.1, 0.15) is 58.4 Å². The maximum absolute atomic E-state index is 2.56. The molecule has 292 valence electrons. The predicted octanol–water partition coefficient (Wildman–Crippen LogP) is 15.8. The Morgan fingerprint density at radius 2 is 0.836 bits per heavy atom. The van der Waals surface area contributed by atoms with Crippen molar-refractivity contribution >= 4 is 17.1 Å². The summed E-state index contributed by atoms with van der Waals surface area (Å²) in [4.78, 5) is 2.56. The van der Waals surface area contributed by atoms with Crippen LogP contribution in [-0.4, -0.2) is 0 Å². The molecule has 1 heteroatoms.